The SMILES string of the molecule is COc1ncccc1C(=O)NC[C@@H]1OCCc2ccccc21. The molecule has 1 aromatic carbocycles. The van der Waals surface area contributed by atoms with Gasteiger partial charge in [0.15, 0.2) is 0 Å². The van der Waals surface area contributed by atoms with Gasteiger partial charge in [-0.1, -0.05) is 24.3 Å². The van der Waals surface area contributed by atoms with E-state index in [2.05, 4.69) is 22.4 Å². The summed E-state index contributed by atoms with van der Waals surface area (Å²) < 4.78 is 10.9. The van der Waals surface area contributed by atoms with Crippen LogP contribution in [0.3, 0.4) is 0 Å². The van der Waals surface area contributed by atoms with Crippen molar-refractivity contribution >= 4 is 5.91 Å². The first kappa shape index (κ1) is 14.5. The van der Waals surface area contributed by atoms with Gasteiger partial charge in [0.2, 0.25) is 5.88 Å². The summed E-state index contributed by atoms with van der Waals surface area (Å²) in [6.45, 7) is 1.10. The number of hydrogen-bond donors (Lipinski definition) is 1. The Balaban J connectivity index is 1.70. The zero-order valence-corrected chi connectivity index (χ0v) is 12.4. The first-order valence-electron chi connectivity index (χ1n) is 7.26. The lowest BCUT2D eigenvalue weighted by atomic mass is 9.97. The maximum absolute atomic E-state index is 12.3. The van der Waals surface area contributed by atoms with E-state index < -0.39 is 0 Å². The standard InChI is InChI=1S/C17H18N2O3/c1-21-17-14(7-4-9-18-17)16(20)19-11-15-13-6-3-2-5-12(13)8-10-22-15/h2-7,9,15H,8,10-11H2,1H3,(H,19,20)/t15-/m0/s1. The summed E-state index contributed by atoms with van der Waals surface area (Å²) in [6.07, 6.45) is 2.39. The summed E-state index contributed by atoms with van der Waals surface area (Å²) in [5.41, 5.74) is 2.85. The maximum atomic E-state index is 12.3. The average molecular weight is 298 g/mol. The number of pyridine rings is 1. The van der Waals surface area contributed by atoms with Gasteiger partial charge in [0.05, 0.1) is 13.7 Å². The molecule has 114 valence electrons. The Kier molecular flexibility index (Phi) is 4.34. The summed E-state index contributed by atoms with van der Waals surface area (Å²) in [5.74, 6) is 0.113. The van der Waals surface area contributed by atoms with Crippen LogP contribution in [-0.2, 0) is 11.2 Å². The van der Waals surface area contributed by atoms with E-state index in [1.165, 1.54) is 12.7 Å². The predicted octanol–water partition coefficient (Wildman–Crippen LogP) is 2.13. The number of nitrogens with zero attached hydrogens (tertiary/aromatic N) is 1. The molecule has 5 heteroatoms. The monoisotopic (exact) mass is 298 g/mol. The van der Waals surface area contributed by atoms with Gasteiger partial charge in [-0.05, 0) is 29.7 Å². The minimum absolute atomic E-state index is 0.114. The average Bonchev–Trinajstić information content (AvgIpc) is 2.59. The highest BCUT2D eigenvalue weighted by molar-refractivity contribution is 5.96. The zero-order chi connectivity index (χ0) is 15.4. The second-order valence-corrected chi connectivity index (χ2v) is 5.08. The van der Waals surface area contributed by atoms with E-state index in [0.717, 1.165) is 12.0 Å². The first-order chi connectivity index (χ1) is 10.8. The zero-order valence-electron chi connectivity index (χ0n) is 12.4. The van der Waals surface area contributed by atoms with Gasteiger partial charge in [0.1, 0.15) is 11.7 Å². The summed E-state index contributed by atoms with van der Waals surface area (Å²) in [6, 6.07) is 11.6. The van der Waals surface area contributed by atoms with E-state index in [4.69, 9.17) is 9.47 Å². The van der Waals surface area contributed by atoms with Crippen molar-refractivity contribution in [3.05, 3.63) is 59.3 Å². The van der Waals surface area contributed by atoms with Crippen molar-refractivity contribution in [3.63, 3.8) is 0 Å². The van der Waals surface area contributed by atoms with Crippen molar-refractivity contribution in [3.8, 4) is 5.88 Å². The molecule has 1 amide bonds. The number of amides is 1. The van der Waals surface area contributed by atoms with E-state index >= 15 is 0 Å². The molecule has 5 nitrogen and oxygen atoms in total. The third-order valence-corrected chi connectivity index (χ3v) is 3.75. The van der Waals surface area contributed by atoms with Crippen LogP contribution in [0.5, 0.6) is 5.88 Å². The number of fused-ring (bicyclic) bond motifs is 1. The highest BCUT2D eigenvalue weighted by atomic mass is 16.5. The number of hydrogen-bond acceptors (Lipinski definition) is 4. The quantitative estimate of drug-likeness (QED) is 0.939. The normalized spacial score (nSPS) is 16.7. The topological polar surface area (TPSA) is 60.5 Å². The lowest BCUT2D eigenvalue weighted by Gasteiger charge is -2.26. The molecule has 1 aliphatic rings. The predicted molar refractivity (Wildman–Crippen MR) is 82.0 cm³/mol. The molecule has 1 N–H and O–H groups in total. The van der Waals surface area contributed by atoms with Crippen molar-refractivity contribution in [1.29, 1.82) is 0 Å². The summed E-state index contributed by atoms with van der Waals surface area (Å²) in [4.78, 5) is 16.3. The Bertz CT molecular complexity index is 672. The minimum atomic E-state index is -0.211. The van der Waals surface area contributed by atoms with Gasteiger partial charge in [0, 0.05) is 12.7 Å². The second-order valence-electron chi connectivity index (χ2n) is 5.08. The Hall–Kier alpha value is -2.40. The van der Waals surface area contributed by atoms with Crippen LogP contribution in [0, 0.1) is 0 Å². The van der Waals surface area contributed by atoms with Gasteiger partial charge in [0.25, 0.3) is 5.91 Å². The summed E-state index contributed by atoms with van der Waals surface area (Å²) in [7, 11) is 1.50. The van der Waals surface area contributed by atoms with Gasteiger partial charge in [-0.25, -0.2) is 4.98 Å². The highest BCUT2D eigenvalue weighted by Gasteiger charge is 2.22. The van der Waals surface area contributed by atoms with Crippen LogP contribution in [0.15, 0.2) is 42.6 Å². The molecule has 1 aliphatic heterocycles. The van der Waals surface area contributed by atoms with Crippen LogP contribution in [0.25, 0.3) is 0 Å². The number of methoxy groups -OCH3 is 1. The number of carbonyl (C=O) groups is 1. The fourth-order valence-corrected chi connectivity index (χ4v) is 2.65. The maximum Gasteiger partial charge on any atom is 0.256 e. The molecule has 2 heterocycles. The van der Waals surface area contributed by atoms with Crippen molar-refractivity contribution in [2.75, 3.05) is 20.3 Å². The number of aromatic nitrogens is 1. The number of ether oxygens (including phenoxy) is 2. The number of nitrogens with one attached hydrogen (secondary N) is 1. The van der Waals surface area contributed by atoms with Crippen LogP contribution in [0.1, 0.15) is 27.6 Å². The molecule has 1 atom stereocenters. The molecule has 0 fully saturated rings. The molecule has 2 aromatic rings. The molecule has 0 unspecified atom stereocenters. The molecule has 0 saturated carbocycles. The van der Waals surface area contributed by atoms with Crippen molar-refractivity contribution in [2.45, 2.75) is 12.5 Å². The summed E-state index contributed by atoms with van der Waals surface area (Å²) in [5, 5.41) is 2.90. The number of rotatable bonds is 4. The molecule has 22 heavy (non-hydrogen) atoms. The minimum Gasteiger partial charge on any atom is -0.480 e. The Labute approximate surface area is 129 Å². The van der Waals surface area contributed by atoms with Crippen molar-refractivity contribution in [1.82, 2.24) is 10.3 Å². The smallest absolute Gasteiger partial charge is 0.256 e. The summed E-state index contributed by atoms with van der Waals surface area (Å²) >= 11 is 0. The van der Waals surface area contributed by atoms with Crippen molar-refractivity contribution < 1.29 is 14.3 Å². The number of carbonyl (C=O) groups excluding carboxylic acids is 1. The fourth-order valence-electron chi connectivity index (χ4n) is 2.65. The number of benzene rings is 1. The van der Waals surface area contributed by atoms with E-state index in [0.29, 0.717) is 24.6 Å². The van der Waals surface area contributed by atoms with Crippen molar-refractivity contribution in [2.24, 2.45) is 0 Å². The molecular formula is C17H18N2O3. The Morgan fingerprint density at radius 1 is 1.36 bits per heavy atom. The van der Waals surface area contributed by atoms with E-state index in [1.807, 2.05) is 12.1 Å². The van der Waals surface area contributed by atoms with Crippen LogP contribution < -0.4 is 10.1 Å². The highest BCUT2D eigenvalue weighted by Crippen LogP contribution is 2.26. The fraction of sp³-hybridized carbons (Fsp3) is 0.294. The lowest BCUT2D eigenvalue weighted by molar-refractivity contribution is 0.0411. The van der Waals surface area contributed by atoms with Crippen LogP contribution in [0.4, 0.5) is 0 Å². The van der Waals surface area contributed by atoms with Crippen LogP contribution in [-0.4, -0.2) is 31.2 Å². The Morgan fingerprint density at radius 3 is 3.09 bits per heavy atom. The van der Waals surface area contributed by atoms with Gasteiger partial charge in [-0.15, -0.1) is 0 Å². The van der Waals surface area contributed by atoms with Crippen LogP contribution in [0.2, 0.25) is 0 Å². The Morgan fingerprint density at radius 2 is 2.23 bits per heavy atom. The first-order valence-corrected chi connectivity index (χ1v) is 7.26. The molecular weight excluding hydrogens is 280 g/mol. The van der Waals surface area contributed by atoms with Gasteiger partial charge in [-0.3, -0.25) is 4.79 Å². The van der Waals surface area contributed by atoms with Gasteiger partial charge in [-0.2, -0.15) is 0 Å². The van der Waals surface area contributed by atoms with E-state index in [9.17, 15) is 4.79 Å². The second kappa shape index (κ2) is 6.58. The van der Waals surface area contributed by atoms with Gasteiger partial charge >= 0.3 is 0 Å². The van der Waals surface area contributed by atoms with E-state index in [1.54, 1.807) is 18.3 Å². The molecule has 1 aromatic heterocycles. The molecule has 0 radical (unpaired) electrons. The molecule has 0 bridgehead atoms. The van der Waals surface area contributed by atoms with E-state index in [-0.39, 0.29) is 12.0 Å². The molecule has 0 spiro atoms. The van der Waals surface area contributed by atoms with Gasteiger partial charge < -0.3 is 14.8 Å². The van der Waals surface area contributed by atoms with Crippen LogP contribution >= 0.6 is 0 Å². The molecule has 0 saturated heterocycles. The third-order valence-electron chi connectivity index (χ3n) is 3.75. The largest absolute Gasteiger partial charge is 0.480 e. The molecule has 3 rings (SSSR count). The molecule has 0 aliphatic carbocycles. The lowest BCUT2D eigenvalue weighted by Crippen LogP contribution is -2.32. The third kappa shape index (κ3) is 2.94.